The van der Waals surface area contributed by atoms with Crippen molar-refractivity contribution in [3.63, 3.8) is 0 Å². The summed E-state index contributed by atoms with van der Waals surface area (Å²) >= 11 is 1.49. The highest BCUT2D eigenvalue weighted by atomic mass is 32.2. The molecule has 112 valence electrons. The lowest BCUT2D eigenvalue weighted by Crippen LogP contribution is -2.68. The highest BCUT2D eigenvalue weighted by molar-refractivity contribution is 8.00. The van der Waals surface area contributed by atoms with Crippen LogP contribution in [-0.2, 0) is 9.59 Å². The predicted octanol–water partition coefficient (Wildman–Crippen LogP) is -0.341. The first-order valence-corrected chi connectivity index (χ1v) is 7.97. The maximum absolute atomic E-state index is 11.9. The summed E-state index contributed by atoms with van der Waals surface area (Å²) in [4.78, 5) is 24.7. The molecular weight excluding hydrogens is 292 g/mol. The van der Waals surface area contributed by atoms with E-state index in [0.717, 1.165) is 25.9 Å². The average Bonchev–Trinajstić information content (AvgIpc) is 2.94. The van der Waals surface area contributed by atoms with Gasteiger partial charge in [-0.05, 0) is 0 Å². The zero-order chi connectivity index (χ0) is 15.2. The van der Waals surface area contributed by atoms with Gasteiger partial charge in [-0.25, -0.2) is 9.28 Å². The van der Waals surface area contributed by atoms with Crippen LogP contribution >= 0.6 is 11.8 Å². The van der Waals surface area contributed by atoms with E-state index in [1.54, 1.807) is 0 Å². The lowest BCUT2D eigenvalue weighted by Gasteiger charge is -2.48. The van der Waals surface area contributed by atoms with Crippen LogP contribution in [0.2, 0.25) is 0 Å². The smallest absolute Gasteiger partial charge is 0.352 e. The number of nitrogens with two attached hydrogens (primary N) is 1. The van der Waals surface area contributed by atoms with Crippen molar-refractivity contribution in [2.24, 2.45) is 5.73 Å². The minimum atomic E-state index is -1.11. The van der Waals surface area contributed by atoms with Crippen LogP contribution in [0.5, 0.6) is 0 Å². The van der Waals surface area contributed by atoms with Gasteiger partial charge in [-0.1, -0.05) is 0 Å². The fraction of sp³-hybridized carbons (Fsp3) is 0.615. The Morgan fingerprint density at radius 2 is 2.19 bits per heavy atom. The molecule has 1 amide bonds. The number of carboxylic acids is 1. The second-order valence-electron chi connectivity index (χ2n) is 5.75. The maximum atomic E-state index is 11.9. The van der Waals surface area contributed by atoms with Gasteiger partial charge in [0.1, 0.15) is 23.7 Å². The lowest BCUT2D eigenvalue weighted by atomic mass is 10.0. The van der Waals surface area contributed by atoms with Crippen molar-refractivity contribution in [3.8, 4) is 6.19 Å². The number of nitrogens with zero attached hydrogens (tertiary/aromatic N) is 3. The molecule has 0 aromatic heterocycles. The van der Waals surface area contributed by atoms with Crippen molar-refractivity contribution >= 4 is 23.6 Å². The largest absolute Gasteiger partial charge is 0.477 e. The third-order valence-corrected chi connectivity index (χ3v) is 5.78. The van der Waals surface area contributed by atoms with Gasteiger partial charge in [0.25, 0.3) is 0 Å². The number of likely N-dealkylation sites (tertiary alicyclic amines) is 1. The fourth-order valence-electron chi connectivity index (χ4n) is 3.30. The van der Waals surface area contributed by atoms with Gasteiger partial charge in [-0.3, -0.25) is 9.69 Å². The lowest BCUT2D eigenvalue weighted by molar-refractivity contribution is -0.848. The van der Waals surface area contributed by atoms with Gasteiger partial charge in [0.15, 0.2) is 0 Å². The summed E-state index contributed by atoms with van der Waals surface area (Å²) < 4.78 is 0.255. The quantitative estimate of drug-likeness (QED) is 0.419. The Labute approximate surface area is 126 Å². The molecule has 0 radical (unpaired) electrons. The molecule has 0 spiro atoms. The molecule has 3 N–H and O–H groups in total. The number of aliphatic carboxylic acids is 1. The van der Waals surface area contributed by atoms with Crippen molar-refractivity contribution in [3.05, 3.63) is 11.3 Å². The number of amides is 1. The Kier molecular flexibility index (Phi) is 3.43. The van der Waals surface area contributed by atoms with Gasteiger partial charge in [-0.15, -0.1) is 17.0 Å². The number of rotatable bonds is 3. The van der Waals surface area contributed by atoms with Crippen LogP contribution in [-0.4, -0.2) is 63.2 Å². The number of thioether (sulfide) groups is 1. The summed E-state index contributed by atoms with van der Waals surface area (Å²) in [5, 5.41) is 18.6. The summed E-state index contributed by atoms with van der Waals surface area (Å²) in [5.41, 5.74) is 6.44. The first-order valence-electron chi connectivity index (χ1n) is 6.92. The predicted molar refractivity (Wildman–Crippen MR) is 75.4 cm³/mol. The monoisotopic (exact) mass is 309 g/mol. The molecule has 2 atom stereocenters. The number of quaternary nitrogens is 1. The van der Waals surface area contributed by atoms with E-state index in [9.17, 15) is 20.0 Å². The zero-order valence-electron chi connectivity index (χ0n) is 11.5. The Morgan fingerprint density at radius 1 is 1.52 bits per heavy atom. The van der Waals surface area contributed by atoms with Crippen LogP contribution in [0.15, 0.2) is 11.3 Å². The summed E-state index contributed by atoms with van der Waals surface area (Å²) in [6.07, 6.45) is 4.28. The van der Waals surface area contributed by atoms with E-state index in [0.29, 0.717) is 17.9 Å². The Bertz CT molecular complexity index is 576. The van der Waals surface area contributed by atoms with Gasteiger partial charge in [-0.2, -0.15) is 0 Å². The number of carbonyl (C=O) groups is 2. The van der Waals surface area contributed by atoms with E-state index in [-0.39, 0.29) is 21.5 Å². The summed E-state index contributed by atoms with van der Waals surface area (Å²) in [6, 6.07) is -0.614. The third kappa shape index (κ3) is 2.12. The van der Waals surface area contributed by atoms with Crippen LogP contribution in [0.3, 0.4) is 0 Å². The highest BCUT2D eigenvalue weighted by Gasteiger charge is 2.52. The van der Waals surface area contributed by atoms with Gasteiger partial charge in [0.2, 0.25) is 5.91 Å². The molecule has 3 heterocycles. The first-order chi connectivity index (χ1) is 9.99. The van der Waals surface area contributed by atoms with Crippen LogP contribution < -0.4 is 5.73 Å². The Balaban J connectivity index is 1.93. The Hall–Kier alpha value is -1.56. The van der Waals surface area contributed by atoms with Crippen molar-refractivity contribution in [1.82, 2.24) is 4.90 Å². The molecule has 21 heavy (non-hydrogen) atoms. The minimum absolute atomic E-state index is 0.0464. The molecule has 0 bridgehead atoms. The molecule has 0 aromatic carbocycles. The molecule has 2 fully saturated rings. The number of hydrogen-bond donors (Lipinski definition) is 2. The maximum Gasteiger partial charge on any atom is 0.352 e. The molecule has 0 saturated carbocycles. The van der Waals surface area contributed by atoms with Gasteiger partial charge in [0, 0.05) is 24.2 Å². The molecule has 3 aliphatic rings. The molecule has 8 heteroatoms. The van der Waals surface area contributed by atoms with E-state index < -0.39 is 12.0 Å². The molecule has 2 saturated heterocycles. The van der Waals surface area contributed by atoms with E-state index in [4.69, 9.17) is 5.73 Å². The average molecular weight is 309 g/mol. The summed E-state index contributed by atoms with van der Waals surface area (Å²) in [7, 11) is 0. The highest BCUT2D eigenvalue weighted by Crippen LogP contribution is 2.40. The van der Waals surface area contributed by atoms with Gasteiger partial charge in [0.05, 0.1) is 13.1 Å². The molecule has 3 aliphatic heterocycles. The number of carbonyl (C=O) groups excluding carboxylic acids is 1. The van der Waals surface area contributed by atoms with Gasteiger partial charge < -0.3 is 10.8 Å². The van der Waals surface area contributed by atoms with Crippen LogP contribution in [0.25, 0.3) is 0 Å². The summed E-state index contributed by atoms with van der Waals surface area (Å²) in [6.45, 7) is 1.87. The van der Waals surface area contributed by atoms with Crippen molar-refractivity contribution in [2.45, 2.75) is 24.3 Å². The molecule has 0 aromatic rings. The molecule has 0 aliphatic carbocycles. The normalized spacial score (nSPS) is 30.7. The number of carboxylic acid groups (broad SMARTS) is 1. The van der Waals surface area contributed by atoms with Crippen LogP contribution in [0, 0.1) is 11.5 Å². The van der Waals surface area contributed by atoms with Crippen molar-refractivity contribution in [1.29, 1.82) is 5.26 Å². The molecule has 3 rings (SSSR count). The third-order valence-electron chi connectivity index (χ3n) is 4.42. The summed E-state index contributed by atoms with van der Waals surface area (Å²) in [5.74, 6) is -0.927. The standard InChI is InChI=1S/C13H16N4O3S/c14-7-17(3-1-2-4-17)5-8-6-21-12-9(15)11(18)16(12)10(8)13(19)20/h9,12H,1-6,15H2/p+1. The van der Waals surface area contributed by atoms with E-state index in [1.165, 1.54) is 16.7 Å². The number of nitriles is 1. The number of fused-ring (bicyclic) bond motifs is 1. The topological polar surface area (TPSA) is 107 Å². The SMILES string of the molecule is N#C[N+]1(CC2=C(C(=O)O)N3C(=O)C(N)C3SC2)CCCC1. The number of β-lactam (4-membered cyclic amide) rings is 1. The molecular formula is C13H17N4O3S+. The zero-order valence-corrected chi connectivity index (χ0v) is 12.3. The minimum Gasteiger partial charge on any atom is -0.477 e. The van der Waals surface area contributed by atoms with Crippen LogP contribution in [0.4, 0.5) is 0 Å². The fourth-order valence-corrected chi connectivity index (χ4v) is 4.58. The van der Waals surface area contributed by atoms with E-state index in [1.807, 2.05) is 0 Å². The second-order valence-corrected chi connectivity index (χ2v) is 6.86. The van der Waals surface area contributed by atoms with Crippen molar-refractivity contribution in [2.75, 3.05) is 25.4 Å². The van der Waals surface area contributed by atoms with Gasteiger partial charge >= 0.3 is 12.2 Å². The Morgan fingerprint density at radius 3 is 2.76 bits per heavy atom. The molecule has 2 unspecified atom stereocenters. The van der Waals surface area contributed by atoms with E-state index >= 15 is 0 Å². The van der Waals surface area contributed by atoms with Crippen molar-refractivity contribution < 1.29 is 19.2 Å². The van der Waals surface area contributed by atoms with Crippen LogP contribution in [0.1, 0.15) is 12.8 Å². The first kappa shape index (κ1) is 14.4. The van der Waals surface area contributed by atoms with E-state index in [2.05, 4.69) is 6.19 Å². The second kappa shape index (κ2) is 5.02. The molecule has 7 nitrogen and oxygen atoms in total. The number of hydrogen-bond acceptors (Lipinski definition) is 5.